The summed E-state index contributed by atoms with van der Waals surface area (Å²) < 4.78 is 40.9. The van der Waals surface area contributed by atoms with Gasteiger partial charge in [-0.1, -0.05) is 29.3 Å². The number of halogens is 2. The number of benzene rings is 2. The van der Waals surface area contributed by atoms with Crippen molar-refractivity contribution in [3.8, 4) is 5.69 Å². The summed E-state index contributed by atoms with van der Waals surface area (Å²) in [5.74, 6) is -0.547. The fourth-order valence-electron chi connectivity index (χ4n) is 6.69. The zero-order chi connectivity index (χ0) is 30.6. The zero-order valence-electron chi connectivity index (χ0n) is 23.8. The molecule has 3 heterocycles. The molecule has 2 saturated heterocycles. The Morgan fingerprint density at radius 1 is 1.02 bits per heavy atom. The Labute approximate surface area is 265 Å². The molecule has 44 heavy (non-hydrogen) atoms. The van der Waals surface area contributed by atoms with Gasteiger partial charge in [0.05, 0.1) is 45.8 Å². The lowest BCUT2D eigenvalue weighted by Gasteiger charge is -2.31. The number of amides is 2. The molecular weight excluding hydrogens is 627 g/mol. The van der Waals surface area contributed by atoms with Crippen molar-refractivity contribution >= 4 is 50.7 Å². The van der Waals surface area contributed by atoms with E-state index in [1.54, 1.807) is 52.0 Å². The molecule has 0 unspecified atom stereocenters. The number of piperidine rings is 1. The van der Waals surface area contributed by atoms with E-state index in [1.165, 1.54) is 0 Å². The SMILES string of the molecule is O=C(NS(=O)(=O)C1CCOCC1)c1ccc(N2C(=O)[C@@H]3C[C@H]2C[C@H]3OCc2c(C3CC3)cnn2-c2c(Cl)cccc2Cl)cc1. The van der Waals surface area contributed by atoms with Crippen molar-refractivity contribution in [3.63, 3.8) is 0 Å². The van der Waals surface area contributed by atoms with Crippen LogP contribution in [0.2, 0.25) is 10.0 Å². The van der Waals surface area contributed by atoms with Crippen molar-refractivity contribution in [1.29, 1.82) is 0 Å². The van der Waals surface area contributed by atoms with Crippen molar-refractivity contribution in [2.45, 2.75) is 68.4 Å². The van der Waals surface area contributed by atoms with Gasteiger partial charge >= 0.3 is 0 Å². The highest BCUT2D eigenvalue weighted by molar-refractivity contribution is 7.90. The largest absolute Gasteiger partial charge is 0.381 e. The van der Waals surface area contributed by atoms with Crippen LogP contribution in [0.15, 0.2) is 48.7 Å². The number of ether oxygens (including phenoxy) is 2. The maximum atomic E-state index is 13.5. The number of anilines is 1. The molecular formula is C31H32Cl2N4O6S. The molecule has 3 aromatic rings. The van der Waals surface area contributed by atoms with E-state index >= 15 is 0 Å². The first-order chi connectivity index (χ1) is 21.2. The molecule has 7 rings (SSSR count). The second kappa shape index (κ2) is 11.8. The molecule has 2 saturated carbocycles. The Bertz CT molecular complexity index is 1680. The van der Waals surface area contributed by atoms with Gasteiger partial charge in [-0.2, -0.15) is 5.10 Å². The predicted molar refractivity (Wildman–Crippen MR) is 165 cm³/mol. The van der Waals surface area contributed by atoms with Gasteiger partial charge < -0.3 is 14.4 Å². The molecule has 4 aliphatic rings. The third-order valence-electron chi connectivity index (χ3n) is 9.15. The first-order valence-electron chi connectivity index (χ1n) is 14.9. The average Bonchev–Trinajstić information content (AvgIpc) is 3.52. The fourth-order valence-corrected chi connectivity index (χ4v) is 8.61. The van der Waals surface area contributed by atoms with Crippen LogP contribution in [-0.2, 0) is 30.9 Å². The van der Waals surface area contributed by atoms with Crippen LogP contribution in [0.3, 0.4) is 0 Å². The summed E-state index contributed by atoms with van der Waals surface area (Å²) in [6.07, 6.45) is 5.91. The topological polar surface area (TPSA) is 120 Å². The van der Waals surface area contributed by atoms with Crippen molar-refractivity contribution in [2.24, 2.45) is 5.92 Å². The molecule has 232 valence electrons. The van der Waals surface area contributed by atoms with Gasteiger partial charge in [-0.05, 0) is 86.4 Å². The highest BCUT2D eigenvalue weighted by atomic mass is 35.5. The molecule has 2 aliphatic carbocycles. The number of carbonyl (C=O) groups excluding carboxylic acids is 2. The lowest BCUT2D eigenvalue weighted by molar-refractivity contribution is -0.126. The van der Waals surface area contributed by atoms with Crippen LogP contribution in [0.4, 0.5) is 5.69 Å². The van der Waals surface area contributed by atoms with Gasteiger partial charge in [0.15, 0.2) is 0 Å². The van der Waals surface area contributed by atoms with Gasteiger partial charge in [0.2, 0.25) is 15.9 Å². The van der Waals surface area contributed by atoms with Gasteiger partial charge in [0.25, 0.3) is 5.91 Å². The Morgan fingerprint density at radius 2 is 1.73 bits per heavy atom. The maximum absolute atomic E-state index is 13.5. The minimum absolute atomic E-state index is 0.0179. The summed E-state index contributed by atoms with van der Waals surface area (Å²) >= 11 is 13.0. The first kappa shape index (κ1) is 29.7. The standard InChI is InChI=1S/C31H32Cl2N4O6S/c32-25-2-1-3-26(33)29(25)37-27(24(16-34-37)18-4-5-18)17-43-28-15-21-14-23(28)31(39)36(21)20-8-6-19(7-9-20)30(38)35-44(40,41)22-10-12-42-13-11-22/h1-3,6-9,16,18,21-23,28H,4-5,10-15,17H2,(H,35,38)/t21-,23+,28+/m0/s1. The first-order valence-corrected chi connectivity index (χ1v) is 17.2. The third-order valence-corrected chi connectivity index (χ3v) is 11.6. The van der Waals surface area contributed by atoms with E-state index in [1.807, 2.05) is 6.20 Å². The van der Waals surface area contributed by atoms with Crippen LogP contribution in [-0.4, -0.2) is 60.6 Å². The van der Waals surface area contributed by atoms with Gasteiger partial charge in [0.1, 0.15) is 5.69 Å². The summed E-state index contributed by atoms with van der Waals surface area (Å²) in [4.78, 5) is 28.0. The number of carbonyl (C=O) groups is 2. The van der Waals surface area contributed by atoms with Crippen molar-refractivity contribution in [2.75, 3.05) is 18.1 Å². The predicted octanol–water partition coefficient (Wildman–Crippen LogP) is 5.01. The average molecular weight is 660 g/mol. The lowest BCUT2D eigenvalue weighted by atomic mass is 10.0. The Hall–Kier alpha value is -2.96. The van der Waals surface area contributed by atoms with E-state index < -0.39 is 21.2 Å². The van der Waals surface area contributed by atoms with Gasteiger partial charge in [-0.15, -0.1) is 0 Å². The van der Waals surface area contributed by atoms with Crippen LogP contribution in [0, 0.1) is 5.92 Å². The van der Waals surface area contributed by atoms with Gasteiger partial charge in [0, 0.05) is 30.5 Å². The Kier molecular flexibility index (Phi) is 7.95. The minimum atomic E-state index is -3.80. The molecule has 0 spiro atoms. The second-order valence-corrected chi connectivity index (χ2v) is 14.7. The number of para-hydroxylation sites is 1. The molecule has 2 aliphatic heterocycles. The van der Waals surface area contributed by atoms with E-state index in [2.05, 4.69) is 9.82 Å². The highest BCUT2D eigenvalue weighted by Crippen LogP contribution is 2.45. The lowest BCUT2D eigenvalue weighted by Crippen LogP contribution is -2.43. The second-order valence-electron chi connectivity index (χ2n) is 11.9. The summed E-state index contributed by atoms with van der Waals surface area (Å²) in [6.45, 7) is 1.00. The Morgan fingerprint density at radius 3 is 2.39 bits per heavy atom. The van der Waals surface area contributed by atoms with Crippen LogP contribution >= 0.6 is 23.2 Å². The van der Waals surface area contributed by atoms with Gasteiger partial charge in [-0.25, -0.2) is 17.8 Å². The number of hydrogen-bond donors (Lipinski definition) is 1. The Balaban J connectivity index is 1.01. The van der Waals surface area contributed by atoms with E-state index in [4.69, 9.17) is 32.7 Å². The fraction of sp³-hybridized carbons (Fsp3) is 0.452. The maximum Gasteiger partial charge on any atom is 0.264 e. The number of sulfonamides is 1. The number of aromatic nitrogens is 2. The summed E-state index contributed by atoms with van der Waals surface area (Å²) in [5, 5.41) is 4.97. The van der Waals surface area contributed by atoms with Crippen LogP contribution in [0.1, 0.15) is 66.1 Å². The number of nitrogens with zero attached hydrogens (tertiary/aromatic N) is 3. The summed E-state index contributed by atoms with van der Waals surface area (Å²) in [6, 6.07) is 11.8. The monoisotopic (exact) mass is 658 g/mol. The van der Waals surface area contributed by atoms with E-state index in [0.717, 1.165) is 24.1 Å². The normalized spacial score (nSPS) is 23.8. The summed E-state index contributed by atoms with van der Waals surface area (Å²) in [7, 11) is -3.80. The highest BCUT2D eigenvalue weighted by Gasteiger charge is 2.52. The van der Waals surface area contributed by atoms with Crippen LogP contribution in [0.25, 0.3) is 5.69 Å². The van der Waals surface area contributed by atoms with E-state index in [0.29, 0.717) is 66.2 Å². The van der Waals surface area contributed by atoms with Gasteiger partial charge in [-0.3, -0.25) is 9.59 Å². The molecule has 2 bridgehead atoms. The molecule has 13 heteroatoms. The number of rotatable bonds is 9. The number of nitrogens with one attached hydrogen (secondary N) is 1. The van der Waals surface area contributed by atoms with Crippen LogP contribution in [0.5, 0.6) is 0 Å². The molecule has 2 aromatic carbocycles. The minimum Gasteiger partial charge on any atom is -0.381 e. The molecule has 4 fully saturated rings. The smallest absolute Gasteiger partial charge is 0.264 e. The molecule has 3 atom stereocenters. The van der Waals surface area contributed by atoms with Crippen molar-refractivity contribution < 1.29 is 27.5 Å². The number of hydrogen-bond acceptors (Lipinski definition) is 7. The molecule has 1 N–H and O–H groups in total. The van der Waals surface area contributed by atoms with Crippen LogP contribution < -0.4 is 9.62 Å². The third kappa shape index (κ3) is 5.53. The number of fused-ring (bicyclic) bond motifs is 2. The summed E-state index contributed by atoms with van der Waals surface area (Å²) in [5.41, 5.74) is 3.54. The van der Waals surface area contributed by atoms with Crippen molar-refractivity contribution in [3.05, 3.63) is 75.5 Å². The van der Waals surface area contributed by atoms with E-state index in [9.17, 15) is 18.0 Å². The van der Waals surface area contributed by atoms with E-state index in [-0.39, 0.29) is 36.1 Å². The molecule has 2 amide bonds. The molecule has 10 nitrogen and oxygen atoms in total. The van der Waals surface area contributed by atoms with Crippen molar-refractivity contribution in [1.82, 2.24) is 14.5 Å². The zero-order valence-corrected chi connectivity index (χ0v) is 26.2. The quantitative estimate of drug-likeness (QED) is 0.343. The molecule has 1 aromatic heterocycles. The molecule has 0 radical (unpaired) electrons.